The van der Waals surface area contributed by atoms with Crippen LogP contribution in [0.2, 0.25) is 0 Å². The molecule has 1 atom stereocenters. The van der Waals surface area contributed by atoms with Crippen molar-refractivity contribution in [3.05, 3.63) is 52.9 Å². The van der Waals surface area contributed by atoms with Crippen molar-refractivity contribution in [1.82, 2.24) is 9.62 Å². The third-order valence-electron chi connectivity index (χ3n) is 4.78. The molecular weight excluding hydrogens is 412 g/mol. The van der Waals surface area contributed by atoms with Crippen LogP contribution >= 0.6 is 23.1 Å². The summed E-state index contributed by atoms with van der Waals surface area (Å²) in [6, 6.07) is 11.8. The second-order valence-electron chi connectivity index (χ2n) is 6.96. The molecule has 2 aromatic rings. The zero-order valence-electron chi connectivity index (χ0n) is 16.0. The fourth-order valence-electron chi connectivity index (χ4n) is 3.18. The van der Waals surface area contributed by atoms with Gasteiger partial charge in [-0.15, -0.1) is 11.3 Å². The van der Waals surface area contributed by atoms with Crippen LogP contribution in [-0.2, 0) is 20.6 Å². The van der Waals surface area contributed by atoms with E-state index in [2.05, 4.69) is 36.5 Å². The molecular formula is C20H26N2O3S3. The van der Waals surface area contributed by atoms with Gasteiger partial charge in [-0.2, -0.15) is 16.1 Å². The number of aryl methyl sites for hydroxylation is 1. The molecule has 0 saturated carbocycles. The van der Waals surface area contributed by atoms with E-state index in [4.69, 9.17) is 0 Å². The highest BCUT2D eigenvalue weighted by atomic mass is 32.2. The number of nitrogens with one attached hydrogen (secondary N) is 1. The van der Waals surface area contributed by atoms with E-state index in [9.17, 15) is 13.2 Å². The summed E-state index contributed by atoms with van der Waals surface area (Å²) in [5.41, 5.74) is 2.53. The SMILES string of the molecule is Cc1ccc(CSCCNC(=O)[C@@H]2CCCN(S(=O)(=O)c3cccs3)C2)cc1. The Hall–Kier alpha value is -1.35. The van der Waals surface area contributed by atoms with E-state index in [0.717, 1.165) is 17.9 Å². The predicted octanol–water partition coefficient (Wildman–Crippen LogP) is 3.51. The summed E-state index contributed by atoms with van der Waals surface area (Å²) in [4.78, 5) is 12.5. The van der Waals surface area contributed by atoms with Gasteiger partial charge in [0.15, 0.2) is 0 Å². The molecule has 1 saturated heterocycles. The Morgan fingerprint density at radius 3 is 2.79 bits per heavy atom. The molecule has 0 unspecified atom stereocenters. The molecule has 0 bridgehead atoms. The van der Waals surface area contributed by atoms with Gasteiger partial charge in [-0.1, -0.05) is 35.9 Å². The highest BCUT2D eigenvalue weighted by molar-refractivity contribution is 7.98. The van der Waals surface area contributed by atoms with E-state index in [1.807, 2.05) is 0 Å². The Labute approximate surface area is 175 Å². The largest absolute Gasteiger partial charge is 0.355 e. The summed E-state index contributed by atoms with van der Waals surface area (Å²) in [6.07, 6.45) is 1.45. The Kier molecular flexibility index (Phi) is 7.56. The second kappa shape index (κ2) is 9.91. The van der Waals surface area contributed by atoms with E-state index in [1.54, 1.807) is 29.3 Å². The molecule has 3 rings (SSSR count). The van der Waals surface area contributed by atoms with E-state index in [1.165, 1.54) is 26.8 Å². The predicted molar refractivity (Wildman–Crippen MR) is 116 cm³/mol. The van der Waals surface area contributed by atoms with Gasteiger partial charge in [0.1, 0.15) is 4.21 Å². The zero-order chi connectivity index (χ0) is 20.0. The van der Waals surface area contributed by atoms with Crippen molar-refractivity contribution in [3.63, 3.8) is 0 Å². The van der Waals surface area contributed by atoms with Crippen LogP contribution in [-0.4, -0.2) is 44.0 Å². The van der Waals surface area contributed by atoms with E-state index < -0.39 is 10.0 Å². The lowest BCUT2D eigenvalue weighted by Crippen LogP contribution is -2.45. The Balaban J connectivity index is 1.42. The average Bonchev–Trinajstić information content (AvgIpc) is 3.25. The minimum atomic E-state index is -3.48. The number of carbonyl (C=O) groups is 1. The Bertz CT molecular complexity index is 865. The number of carbonyl (C=O) groups excluding carboxylic acids is 1. The highest BCUT2D eigenvalue weighted by Crippen LogP contribution is 2.26. The van der Waals surface area contributed by atoms with Crippen LogP contribution in [0.4, 0.5) is 0 Å². The van der Waals surface area contributed by atoms with Crippen LogP contribution in [0.3, 0.4) is 0 Å². The van der Waals surface area contributed by atoms with Gasteiger partial charge in [-0.25, -0.2) is 8.42 Å². The van der Waals surface area contributed by atoms with Crippen molar-refractivity contribution in [1.29, 1.82) is 0 Å². The zero-order valence-corrected chi connectivity index (χ0v) is 18.4. The van der Waals surface area contributed by atoms with Crippen LogP contribution in [0.5, 0.6) is 0 Å². The summed E-state index contributed by atoms with van der Waals surface area (Å²) in [6.45, 7) is 3.42. The topological polar surface area (TPSA) is 66.5 Å². The fraction of sp³-hybridized carbons (Fsp3) is 0.450. The standard InChI is InChI=1S/C20H26N2O3S3/c1-16-6-8-17(9-7-16)15-26-13-10-21-20(23)18-4-2-11-22(14-18)28(24,25)19-5-3-12-27-19/h3,5-9,12,18H,2,4,10-11,13-15H2,1H3,(H,21,23)/t18-/m1/s1. The maximum absolute atomic E-state index is 12.7. The van der Waals surface area contributed by atoms with E-state index in [0.29, 0.717) is 23.7 Å². The van der Waals surface area contributed by atoms with Gasteiger partial charge in [0, 0.05) is 31.1 Å². The summed E-state index contributed by atoms with van der Waals surface area (Å²) in [5, 5.41) is 4.74. The summed E-state index contributed by atoms with van der Waals surface area (Å²) in [5.74, 6) is 1.45. The molecule has 1 aliphatic rings. The molecule has 0 spiro atoms. The Morgan fingerprint density at radius 1 is 1.29 bits per heavy atom. The smallest absolute Gasteiger partial charge is 0.252 e. The number of sulfonamides is 1. The number of thiophene rings is 1. The van der Waals surface area contributed by atoms with E-state index >= 15 is 0 Å². The van der Waals surface area contributed by atoms with Gasteiger partial charge < -0.3 is 5.32 Å². The molecule has 8 heteroatoms. The summed E-state index contributed by atoms with van der Waals surface area (Å²) in [7, 11) is -3.48. The maximum Gasteiger partial charge on any atom is 0.252 e. The number of nitrogens with zero attached hydrogens (tertiary/aromatic N) is 1. The summed E-state index contributed by atoms with van der Waals surface area (Å²) >= 11 is 3.00. The fourth-order valence-corrected chi connectivity index (χ4v) is 6.66. The van der Waals surface area contributed by atoms with Gasteiger partial charge in [0.2, 0.25) is 5.91 Å². The van der Waals surface area contributed by atoms with Crippen LogP contribution in [0.1, 0.15) is 24.0 Å². The molecule has 1 aromatic carbocycles. The van der Waals surface area contributed by atoms with Gasteiger partial charge in [-0.3, -0.25) is 4.79 Å². The second-order valence-corrected chi connectivity index (χ2v) is 11.2. The molecule has 1 fully saturated rings. The van der Waals surface area contributed by atoms with E-state index in [-0.39, 0.29) is 18.4 Å². The number of hydrogen-bond donors (Lipinski definition) is 1. The number of piperidine rings is 1. The number of thioether (sulfide) groups is 1. The number of amides is 1. The quantitative estimate of drug-likeness (QED) is 0.641. The number of hydrogen-bond acceptors (Lipinski definition) is 5. The van der Waals surface area contributed by atoms with Gasteiger partial charge >= 0.3 is 0 Å². The normalized spacial score (nSPS) is 18.1. The molecule has 28 heavy (non-hydrogen) atoms. The van der Waals surface area contributed by atoms with Crippen molar-refractivity contribution in [2.24, 2.45) is 5.92 Å². The van der Waals surface area contributed by atoms with Crippen molar-refractivity contribution < 1.29 is 13.2 Å². The first-order valence-corrected chi connectivity index (χ1v) is 12.9. The Morgan fingerprint density at radius 2 is 2.07 bits per heavy atom. The molecule has 0 radical (unpaired) electrons. The molecule has 5 nitrogen and oxygen atoms in total. The highest BCUT2D eigenvalue weighted by Gasteiger charge is 2.33. The van der Waals surface area contributed by atoms with Crippen molar-refractivity contribution >= 4 is 39.0 Å². The molecule has 1 N–H and O–H groups in total. The van der Waals surface area contributed by atoms with Crippen molar-refractivity contribution in [2.75, 3.05) is 25.4 Å². The molecule has 152 valence electrons. The van der Waals surface area contributed by atoms with Crippen molar-refractivity contribution in [2.45, 2.75) is 29.7 Å². The van der Waals surface area contributed by atoms with Gasteiger partial charge in [0.05, 0.1) is 5.92 Å². The molecule has 1 aliphatic heterocycles. The first-order valence-electron chi connectivity index (χ1n) is 9.41. The van der Waals surface area contributed by atoms with Crippen LogP contribution in [0.25, 0.3) is 0 Å². The molecule has 0 aliphatic carbocycles. The average molecular weight is 439 g/mol. The number of rotatable bonds is 8. The lowest BCUT2D eigenvalue weighted by molar-refractivity contribution is -0.125. The van der Waals surface area contributed by atoms with Crippen LogP contribution in [0, 0.1) is 12.8 Å². The molecule has 2 heterocycles. The molecule has 1 amide bonds. The lowest BCUT2D eigenvalue weighted by Gasteiger charge is -2.30. The van der Waals surface area contributed by atoms with Crippen LogP contribution in [0.15, 0.2) is 46.0 Å². The van der Waals surface area contributed by atoms with Gasteiger partial charge in [0.25, 0.3) is 10.0 Å². The monoisotopic (exact) mass is 438 g/mol. The first-order chi connectivity index (χ1) is 13.5. The van der Waals surface area contributed by atoms with Gasteiger partial charge in [-0.05, 0) is 36.8 Å². The minimum Gasteiger partial charge on any atom is -0.355 e. The first kappa shape index (κ1) is 21.4. The lowest BCUT2D eigenvalue weighted by atomic mass is 9.99. The van der Waals surface area contributed by atoms with Crippen LogP contribution < -0.4 is 5.32 Å². The van der Waals surface area contributed by atoms with Crippen molar-refractivity contribution in [3.8, 4) is 0 Å². The maximum atomic E-state index is 12.7. The molecule has 1 aromatic heterocycles. The third kappa shape index (κ3) is 5.59. The summed E-state index contributed by atoms with van der Waals surface area (Å²) < 4.78 is 27.2. The minimum absolute atomic E-state index is 0.0398. The number of benzene rings is 1. The third-order valence-corrected chi connectivity index (χ3v) is 9.05.